The highest BCUT2D eigenvalue weighted by Gasteiger charge is 2.32. The molecule has 0 radical (unpaired) electrons. The Morgan fingerprint density at radius 1 is 1.24 bits per heavy atom. The van der Waals surface area contributed by atoms with Crippen LogP contribution in [0.1, 0.15) is 21.7 Å². The van der Waals surface area contributed by atoms with E-state index in [1.807, 2.05) is 0 Å². The van der Waals surface area contributed by atoms with Crippen molar-refractivity contribution in [3.05, 3.63) is 52.6 Å². The standard InChI is InChI=1S/C13H9ClF3N3O/c1-7-9(3-5-11(14)19-7)20-12(21)8-2-4-10(18-6-8)13(15,16)17/h2-6H,1H3,(H,20,21). The number of pyridine rings is 2. The van der Waals surface area contributed by atoms with Crippen LogP contribution in [0.15, 0.2) is 30.5 Å². The van der Waals surface area contributed by atoms with Crippen LogP contribution in [0, 0.1) is 6.92 Å². The molecule has 4 nitrogen and oxygen atoms in total. The number of hydrogen-bond donors (Lipinski definition) is 1. The van der Waals surface area contributed by atoms with Crippen molar-refractivity contribution >= 4 is 23.2 Å². The number of carbonyl (C=O) groups excluding carboxylic acids is 1. The SMILES string of the molecule is Cc1nc(Cl)ccc1NC(=O)c1ccc(C(F)(F)F)nc1. The molecule has 0 spiro atoms. The lowest BCUT2D eigenvalue weighted by molar-refractivity contribution is -0.141. The third-order valence-corrected chi connectivity index (χ3v) is 2.83. The average Bonchev–Trinajstić information content (AvgIpc) is 2.41. The van der Waals surface area contributed by atoms with Crippen LogP contribution in [0.4, 0.5) is 18.9 Å². The fourth-order valence-electron chi connectivity index (χ4n) is 1.55. The molecule has 0 aliphatic carbocycles. The van der Waals surface area contributed by atoms with Crippen LogP contribution in [0.2, 0.25) is 5.15 Å². The Hall–Kier alpha value is -2.15. The molecule has 0 atom stereocenters. The van der Waals surface area contributed by atoms with E-state index in [0.717, 1.165) is 18.3 Å². The zero-order chi connectivity index (χ0) is 15.6. The average molecular weight is 316 g/mol. The van der Waals surface area contributed by atoms with Gasteiger partial charge in [-0.15, -0.1) is 0 Å². The summed E-state index contributed by atoms with van der Waals surface area (Å²) in [7, 11) is 0. The summed E-state index contributed by atoms with van der Waals surface area (Å²) in [5, 5.41) is 2.81. The lowest BCUT2D eigenvalue weighted by Crippen LogP contribution is -2.15. The number of hydrogen-bond acceptors (Lipinski definition) is 3. The van der Waals surface area contributed by atoms with Crippen LogP contribution >= 0.6 is 11.6 Å². The van der Waals surface area contributed by atoms with Crippen molar-refractivity contribution in [1.82, 2.24) is 9.97 Å². The smallest absolute Gasteiger partial charge is 0.320 e. The molecule has 2 heterocycles. The molecule has 21 heavy (non-hydrogen) atoms. The molecule has 0 aliphatic rings. The fraction of sp³-hybridized carbons (Fsp3) is 0.154. The number of nitrogens with one attached hydrogen (secondary N) is 1. The van der Waals surface area contributed by atoms with E-state index < -0.39 is 17.8 Å². The topological polar surface area (TPSA) is 54.9 Å². The van der Waals surface area contributed by atoms with Gasteiger partial charge in [0.2, 0.25) is 0 Å². The van der Waals surface area contributed by atoms with Gasteiger partial charge >= 0.3 is 6.18 Å². The largest absolute Gasteiger partial charge is 0.433 e. The number of halogens is 4. The first kappa shape index (κ1) is 15.2. The Kier molecular flexibility index (Phi) is 4.13. The van der Waals surface area contributed by atoms with Gasteiger partial charge in [-0.1, -0.05) is 11.6 Å². The molecule has 0 bridgehead atoms. The highest BCUT2D eigenvalue weighted by molar-refractivity contribution is 6.29. The summed E-state index contributed by atoms with van der Waals surface area (Å²) in [6.45, 7) is 1.65. The van der Waals surface area contributed by atoms with Gasteiger partial charge in [-0.3, -0.25) is 9.78 Å². The van der Waals surface area contributed by atoms with Crippen LogP contribution in [0.3, 0.4) is 0 Å². The van der Waals surface area contributed by atoms with E-state index in [4.69, 9.17) is 11.6 Å². The molecule has 0 aliphatic heterocycles. The van der Waals surface area contributed by atoms with Crippen LogP contribution < -0.4 is 5.32 Å². The van der Waals surface area contributed by atoms with Crippen molar-refractivity contribution in [3.8, 4) is 0 Å². The van der Waals surface area contributed by atoms with Crippen LogP contribution in [-0.2, 0) is 6.18 Å². The highest BCUT2D eigenvalue weighted by atomic mass is 35.5. The number of alkyl halides is 3. The number of amides is 1. The lowest BCUT2D eigenvalue weighted by Gasteiger charge is -2.09. The summed E-state index contributed by atoms with van der Waals surface area (Å²) in [5.41, 5.74) is -0.124. The maximum absolute atomic E-state index is 12.4. The molecule has 110 valence electrons. The molecule has 1 N–H and O–H groups in total. The van der Waals surface area contributed by atoms with Gasteiger partial charge in [0.1, 0.15) is 10.8 Å². The summed E-state index contributed by atoms with van der Waals surface area (Å²) in [6, 6.07) is 4.86. The van der Waals surface area contributed by atoms with Gasteiger partial charge in [0.25, 0.3) is 5.91 Å². The summed E-state index contributed by atoms with van der Waals surface area (Å²) in [5.74, 6) is -0.580. The van der Waals surface area contributed by atoms with Crippen molar-refractivity contribution in [2.45, 2.75) is 13.1 Å². The monoisotopic (exact) mass is 315 g/mol. The quantitative estimate of drug-likeness (QED) is 0.860. The molecular weight excluding hydrogens is 307 g/mol. The van der Waals surface area contributed by atoms with Gasteiger partial charge in [-0.2, -0.15) is 13.2 Å². The summed E-state index contributed by atoms with van der Waals surface area (Å²) in [6.07, 6.45) is -3.66. The number of aryl methyl sites for hydroxylation is 1. The maximum atomic E-state index is 12.4. The molecule has 0 aromatic carbocycles. The molecule has 0 fully saturated rings. The minimum absolute atomic E-state index is 0.0114. The van der Waals surface area contributed by atoms with E-state index in [-0.39, 0.29) is 10.7 Å². The van der Waals surface area contributed by atoms with Gasteiger partial charge in [-0.05, 0) is 31.2 Å². The van der Waals surface area contributed by atoms with Gasteiger partial charge in [0.05, 0.1) is 16.9 Å². The van der Waals surface area contributed by atoms with E-state index in [2.05, 4.69) is 15.3 Å². The van der Waals surface area contributed by atoms with Crippen molar-refractivity contribution in [3.63, 3.8) is 0 Å². The van der Waals surface area contributed by atoms with Gasteiger partial charge in [-0.25, -0.2) is 4.98 Å². The molecule has 2 rings (SSSR count). The second kappa shape index (κ2) is 5.69. The van der Waals surface area contributed by atoms with E-state index >= 15 is 0 Å². The molecule has 0 unspecified atom stereocenters. The van der Waals surface area contributed by atoms with Crippen molar-refractivity contribution in [1.29, 1.82) is 0 Å². The van der Waals surface area contributed by atoms with Crippen molar-refractivity contribution in [2.75, 3.05) is 5.32 Å². The number of aromatic nitrogens is 2. The minimum Gasteiger partial charge on any atom is -0.320 e. The zero-order valence-electron chi connectivity index (χ0n) is 10.7. The predicted octanol–water partition coefficient (Wildman–Crippen LogP) is 3.71. The maximum Gasteiger partial charge on any atom is 0.433 e. The minimum atomic E-state index is -4.54. The highest BCUT2D eigenvalue weighted by Crippen LogP contribution is 2.27. The lowest BCUT2D eigenvalue weighted by atomic mass is 10.2. The van der Waals surface area contributed by atoms with Gasteiger partial charge in [0.15, 0.2) is 0 Å². The van der Waals surface area contributed by atoms with Crippen molar-refractivity contribution < 1.29 is 18.0 Å². The van der Waals surface area contributed by atoms with E-state index in [9.17, 15) is 18.0 Å². The Labute approximate surface area is 123 Å². The van der Waals surface area contributed by atoms with Gasteiger partial charge in [0, 0.05) is 6.20 Å². The molecule has 8 heteroatoms. The second-order valence-corrected chi connectivity index (χ2v) is 4.54. The number of rotatable bonds is 2. The molecule has 1 amide bonds. The molecule has 2 aromatic rings. The summed E-state index contributed by atoms with van der Waals surface area (Å²) >= 11 is 5.69. The Balaban J connectivity index is 2.17. The molecular formula is C13H9ClF3N3O. The Bertz CT molecular complexity index is 671. The third kappa shape index (κ3) is 3.69. The van der Waals surface area contributed by atoms with Gasteiger partial charge < -0.3 is 5.32 Å². The summed E-state index contributed by atoms with van der Waals surface area (Å²) < 4.78 is 37.1. The molecule has 0 saturated carbocycles. The third-order valence-electron chi connectivity index (χ3n) is 2.62. The van der Waals surface area contributed by atoms with Crippen LogP contribution in [0.25, 0.3) is 0 Å². The van der Waals surface area contributed by atoms with E-state index in [1.165, 1.54) is 6.07 Å². The Morgan fingerprint density at radius 3 is 2.48 bits per heavy atom. The first-order chi connectivity index (χ1) is 9.77. The van der Waals surface area contributed by atoms with Crippen molar-refractivity contribution in [2.24, 2.45) is 0 Å². The molecule has 0 saturated heterocycles. The number of anilines is 1. The predicted molar refractivity (Wildman–Crippen MR) is 71.2 cm³/mol. The van der Waals surface area contributed by atoms with E-state index in [0.29, 0.717) is 11.4 Å². The van der Waals surface area contributed by atoms with Crippen LogP contribution in [-0.4, -0.2) is 15.9 Å². The Morgan fingerprint density at radius 2 is 1.95 bits per heavy atom. The van der Waals surface area contributed by atoms with E-state index in [1.54, 1.807) is 13.0 Å². The number of nitrogens with zero attached hydrogens (tertiary/aromatic N) is 2. The van der Waals surface area contributed by atoms with Crippen LogP contribution in [0.5, 0.6) is 0 Å². The second-order valence-electron chi connectivity index (χ2n) is 4.15. The first-order valence-corrected chi connectivity index (χ1v) is 6.13. The normalized spacial score (nSPS) is 11.3. The zero-order valence-corrected chi connectivity index (χ0v) is 11.5. The summed E-state index contributed by atoms with van der Waals surface area (Å²) in [4.78, 5) is 19.1. The first-order valence-electron chi connectivity index (χ1n) is 5.75. The fourth-order valence-corrected chi connectivity index (χ4v) is 1.74. The molecule has 2 aromatic heterocycles. The number of carbonyl (C=O) groups is 1.